The Morgan fingerprint density at radius 1 is 0.962 bits per heavy atom. The highest BCUT2D eigenvalue weighted by atomic mass is 19.4. The number of alkyl halides is 3. The number of nitrogens with zero attached hydrogens (tertiary/aromatic N) is 1. The largest absolute Gasteiger partial charge is 0.493 e. The third-order valence-corrected chi connectivity index (χ3v) is 3.96. The minimum atomic E-state index is -4.46. The van der Waals surface area contributed by atoms with Crippen LogP contribution in [0, 0.1) is 0 Å². The van der Waals surface area contributed by atoms with Crippen LogP contribution in [0.5, 0.6) is 11.5 Å². The first-order valence-electron chi connectivity index (χ1n) is 7.58. The Morgan fingerprint density at radius 2 is 1.58 bits per heavy atom. The minimum absolute atomic E-state index is 0.118. The number of ether oxygens (including phenoxy) is 2. The molecule has 4 nitrogen and oxygen atoms in total. The van der Waals surface area contributed by atoms with Crippen molar-refractivity contribution in [1.29, 1.82) is 0 Å². The molecule has 0 atom stereocenters. The Kier molecular flexibility index (Phi) is 4.54. The fourth-order valence-electron chi connectivity index (χ4n) is 2.63. The number of carbonyl (C=O) groups is 1. The van der Waals surface area contributed by atoms with E-state index in [2.05, 4.69) is 4.98 Å². The molecule has 0 aliphatic heterocycles. The summed E-state index contributed by atoms with van der Waals surface area (Å²) in [4.78, 5) is 16.9. The van der Waals surface area contributed by atoms with Crippen molar-refractivity contribution in [3.63, 3.8) is 0 Å². The van der Waals surface area contributed by atoms with Crippen LogP contribution in [0.4, 0.5) is 13.2 Å². The molecule has 134 valence electrons. The highest BCUT2D eigenvalue weighted by molar-refractivity contribution is 6.15. The number of methoxy groups -OCH3 is 2. The Hall–Kier alpha value is -3.09. The molecule has 0 amide bonds. The first kappa shape index (κ1) is 17.7. The summed E-state index contributed by atoms with van der Waals surface area (Å²) in [5.74, 6) is 0.449. The molecule has 0 spiro atoms. The van der Waals surface area contributed by atoms with Crippen LogP contribution in [0.25, 0.3) is 10.8 Å². The van der Waals surface area contributed by atoms with Crippen molar-refractivity contribution in [2.24, 2.45) is 0 Å². The number of hydrogen-bond donors (Lipinski definition) is 0. The highest BCUT2D eigenvalue weighted by Crippen LogP contribution is 2.34. The van der Waals surface area contributed by atoms with E-state index in [9.17, 15) is 18.0 Å². The average Bonchev–Trinajstić information content (AvgIpc) is 2.65. The first-order valence-corrected chi connectivity index (χ1v) is 7.58. The number of halogens is 3. The number of carbonyl (C=O) groups excluding carboxylic acids is 1. The Labute approximate surface area is 147 Å². The maximum atomic E-state index is 12.8. The van der Waals surface area contributed by atoms with E-state index in [4.69, 9.17) is 9.47 Å². The third kappa shape index (κ3) is 3.20. The second-order valence-electron chi connectivity index (χ2n) is 5.49. The molecule has 0 aliphatic carbocycles. The summed E-state index contributed by atoms with van der Waals surface area (Å²) in [6.07, 6.45) is -2.99. The lowest BCUT2D eigenvalue weighted by Crippen LogP contribution is -2.08. The number of fused-ring (bicyclic) bond motifs is 1. The zero-order valence-corrected chi connectivity index (χ0v) is 13.9. The van der Waals surface area contributed by atoms with E-state index in [1.807, 2.05) is 0 Å². The molecule has 1 aromatic heterocycles. The molecule has 0 aliphatic rings. The molecule has 0 bridgehead atoms. The molecular formula is C19H14F3NO3. The number of benzene rings is 2. The van der Waals surface area contributed by atoms with Gasteiger partial charge in [-0.3, -0.25) is 9.78 Å². The number of rotatable bonds is 4. The van der Waals surface area contributed by atoms with Crippen LogP contribution in [0.1, 0.15) is 21.6 Å². The Morgan fingerprint density at radius 3 is 2.15 bits per heavy atom. The van der Waals surface area contributed by atoms with Gasteiger partial charge in [-0.05, 0) is 35.7 Å². The summed E-state index contributed by atoms with van der Waals surface area (Å²) in [6, 6.07) is 9.08. The van der Waals surface area contributed by atoms with Crippen LogP contribution in [0.15, 0.2) is 48.7 Å². The van der Waals surface area contributed by atoms with Crippen LogP contribution < -0.4 is 9.47 Å². The Balaban J connectivity index is 2.08. The molecule has 7 heteroatoms. The monoisotopic (exact) mass is 361 g/mol. The van der Waals surface area contributed by atoms with Crippen molar-refractivity contribution in [1.82, 2.24) is 4.98 Å². The summed E-state index contributed by atoms with van der Waals surface area (Å²) < 4.78 is 48.5. The fourth-order valence-corrected chi connectivity index (χ4v) is 2.63. The van der Waals surface area contributed by atoms with Crippen molar-refractivity contribution in [3.8, 4) is 11.5 Å². The van der Waals surface area contributed by atoms with E-state index in [0.29, 0.717) is 22.3 Å². The molecule has 0 saturated carbocycles. The van der Waals surface area contributed by atoms with Crippen LogP contribution in [0.2, 0.25) is 0 Å². The second kappa shape index (κ2) is 6.67. The van der Waals surface area contributed by atoms with E-state index in [0.717, 1.165) is 24.3 Å². The summed E-state index contributed by atoms with van der Waals surface area (Å²) in [5.41, 5.74) is -0.567. The van der Waals surface area contributed by atoms with Gasteiger partial charge in [-0.15, -0.1) is 0 Å². The maximum absolute atomic E-state index is 12.8. The van der Waals surface area contributed by atoms with Crippen molar-refractivity contribution in [2.45, 2.75) is 6.18 Å². The molecular weight excluding hydrogens is 347 g/mol. The summed E-state index contributed by atoms with van der Waals surface area (Å²) >= 11 is 0. The molecule has 3 aromatic rings. The second-order valence-corrected chi connectivity index (χ2v) is 5.49. The van der Waals surface area contributed by atoms with Gasteiger partial charge < -0.3 is 9.47 Å². The van der Waals surface area contributed by atoms with Crippen LogP contribution in [-0.4, -0.2) is 25.0 Å². The van der Waals surface area contributed by atoms with Gasteiger partial charge in [0.05, 0.1) is 19.8 Å². The van der Waals surface area contributed by atoms with Crippen molar-refractivity contribution in [3.05, 3.63) is 65.5 Å². The molecule has 0 radical (unpaired) electrons. The zero-order chi connectivity index (χ0) is 18.9. The number of pyridine rings is 1. The summed E-state index contributed by atoms with van der Waals surface area (Å²) in [6.45, 7) is 0. The molecule has 0 N–H and O–H groups in total. The van der Waals surface area contributed by atoms with E-state index in [1.165, 1.54) is 20.4 Å². The van der Waals surface area contributed by atoms with Gasteiger partial charge in [0.2, 0.25) is 5.78 Å². The van der Waals surface area contributed by atoms with E-state index >= 15 is 0 Å². The van der Waals surface area contributed by atoms with Crippen LogP contribution in [0.3, 0.4) is 0 Å². The van der Waals surface area contributed by atoms with Gasteiger partial charge in [-0.1, -0.05) is 12.1 Å². The summed E-state index contributed by atoms with van der Waals surface area (Å²) in [5, 5.41) is 1.22. The van der Waals surface area contributed by atoms with E-state index in [-0.39, 0.29) is 11.3 Å². The lowest BCUT2D eigenvalue weighted by atomic mass is 10.0. The van der Waals surface area contributed by atoms with Crippen LogP contribution in [-0.2, 0) is 6.18 Å². The van der Waals surface area contributed by atoms with Gasteiger partial charge in [0.25, 0.3) is 0 Å². The molecule has 2 aromatic carbocycles. The third-order valence-electron chi connectivity index (χ3n) is 3.96. The predicted molar refractivity (Wildman–Crippen MR) is 89.7 cm³/mol. The topological polar surface area (TPSA) is 48.4 Å². The standard InChI is InChI=1S/C19H14F3NO3/c1-25-15-9-12-7-8-23-17(14(12)10-16(15)26-2)18(24)11-3-5-13(6-4-11)19(20,21)22/h3-10H,1-2H3. The van der Waals surface area contributed by atoms with Gasteiger partial charge in [-0.25, -0.2) is 0 Å². The molecule has 0 unspecified atom stereocenters. The molecule has 1 heterocycles. The predicted octanol–water partition coefficient (Wildman–Crippen LogP) is 4.50. The van der Waals surface area contributed by atoms with Gasteiger partial charge in [-0.2, -0.15) is 13.2 Å². The lowest BCUT2D eigenvalue weighted by Gasteiger charge is -2.11. The zero-order valence-electron chi connectivity index (χ0n) is 13.9. The van der Waals surface area contributed by atoms with Gasteiger partial charge in [0.15, 0.2) is 11.5 Å². The van der Waals surface area contributed by atoms with Gasteiger partial charge in [0.1, 0.15) is 5.69 Å². The number of ketones is 1. The average molecular weight is 361 g/mol. The number of aromatic nitrogens is 1. The van der Waals surface area contributed by atoms with E-state index in [1.54, 1.807) is 18.2 Å². The molecule has 0 saturated heterocycles. The summed E-state index contributed by atoms with van der Waals surface area (Å²) in [7, 11) is 2.97. The highest BCUT2D eigenvalue weighted by Gasteiger charge is 2.30. The normalized spacial score (nSPS) is 11.4. The van der Waals surface area contributed by atoms with E-state index < -0.39 is 17.5 Å². The minimum Gasteiger partial charge on any atom is -0.493 e. The first-order chi connectivity index (χ1) is 12.3. The Bertz CT molecular complexity index is 966. The quantitative estimate of drug-likeness (QED) is 0.642. The van der Waals surface area contributed by atoms with Crippen molar-refractivity contribution in [2.75, 3.05) is 14.2 Å². The maximum Gasteiger partial charge on any atom is 0.416 e. The SMILES string of the molecule is COc1cc2ccnc(C(=O)c3ccc(C(F)(F)F)cc3)c2cc1OC. The van der Waals surface area contributed by atoms with Gasteiger partial charge >= 0.3 is 6.18 Å². The fraction of sp³-hybridized carbons (Fsp3) is 0.158. The molecule has 3 rings (SSSR count). The molecule has 0 fully saturated rings. The van der Waals surface area contributed by atoms with Gasteiger partial charge in [0, 0.05) is 17.1 Å². The van der Waals surface area contributed by atoms with Crippen molar-refractivity contribution >= 4 is 16.6 Å². The lowest BCUT2D eigenvalue weighted by molar-refractivity contribution is -0.137. The van der Waals surface area contributed by atoms with Crippen molar-refractivity contribution < 1.29 is 27.4 Å². The molecule has 26 heavy (non-hydrogen) atoms. The number of hydrogen-bond acceptors (Lipinski definition) is 4. The smallest absolute Gasteiger partial charge is 0.416 e. The van der Waals surface area contributed by atoms with Crippen LogP contribution >= 0.6 is 0 Å².